The summed E-state index contributed by atoms with van der Waals surface area (Å²) in [5, 5.41) is 8.42. The van der Waals surface area contributed by atoms with Crippen molar-refractivity contribution >= 4 is 22.8 Å². The Morgan fingerprint density at radius 3 is 2.66 bits per heavy atom. The quantitative estimate of drug-likeness (QED) is 0.487. The van der Waals surface area contributed by atoms with Gasteiger partial charge in [0.15, 0.2) is 5.65 Å². The predicted molar refractivity (Wildman–Crippen MR) is 111 cm³/mol. The van der Waals surface area contributed by atoms with Gasteiger partial charge in [-0.3, -0.25) is 4.98 Å². The summed E-state index contributed by atoms with van der Waals surface area (Å²) in [5.41, 5.74) is 3.25. The van der Waals surface area contributed by atoms with Crippen LogP contribution in [0.2, 0.25) is 0 Å². The molecule has 29 heavy (non-hydrogen) atoms. The van der Waals surface area contributed by atoms with E-state index in [0.717, 1.165) is 11.1 Å². The first-order chi connectivity index (χ1) is 14.2. The highest BCUT2D eigenvalue weighted by Crippen LogP contribution is 2.23. The number of hydrogen-bond acceptors (Lipinski definition) is 6. The largest absolute Gasteiger partial charge is 0.462 e. The van der Waals surface area contributed by atoms with Gasteiger partial charge in [0.2, 0.25) is 0 Å². The van der Waals surface area contributed by atoms with Crippen LogP contribution in [0.3, 0.4) is 0 Å². The summed E-state index contributed by atoms with van der Waals surface area (Å²) in [5.74, 6) is 0.215. The second-order valence-corrected chi connectivity index (χ2v) is 6.51. The van der Waals surface area contributed by atoms with E-state index in [-0.39, 0.29) is 5.97 Å². The van der Waals surface area contributed by atoms with Crippen LogP contribution in [-0.4, -0.2) is 32.3 Å². The Kier molecular flexibility index (Phi) is 5.47. The van der Waals surface area contributed by atoms with Gasteiger partial charge in [-0.1, -0.05) is 30.3 Å². The molecule has 0 spiro atoms. The number of anilines is 1. The normalized spacial score (nSPS) is 10.8. The number of fused-ring (bicyclic) bond motifs is 1. The monoisotopic (exact) mass is 387 g/mol. The zero-order chi connectivity index (χ0) is 20.1. The highest BCUT2D eigenvalue weighted by atomic mass is 16.5. The molecular formula is C22H21N5O2. The van der Waals surface area contributed by atoms with E-state index in [4.69, 9.17) is 9.72 Å². The maximum Gasteiger partial charge on any atom is 0.339 e. The molecule has 0 atom stereocenters. The molecule has 0 aliphatic heterocycles. The van der Waals surface area contributed by atoms with Gasteiger partial charge in [-0.15, -0.1) is 0 Å². The van der Waals surface area contributed by atoms with E-state index < -0.39 is 0 Å². The maximum absolute atomic E-state index is 12.5. The summed E-state index contributed by atoms with van der Waals surface area (Å²) in [6.07, 6.45) is 5.15. The molecule has 0 bridgehead atoms. The zero-order valence-electron chi connectivity index (χ0n) is 16.1. The molecule has 0 radical (unpaired) electrons. The fraction of sp³-hybridized carbons (Fsp3) is 0.182. The van der Waals surface area contributed by atoms with Crippen molar-refractivity contribution in [2.45, 2.75) is 20.0 Å². The maximum atomic E-state index is 12.5. The highest BCUT2D eigenvalue weighted by molar-refractivity contribution is 6.03. The Balaban J connectivity index is 1.70. The topological polar surface area (TPSA) is 81.9 Å². The number of ether oxygens (including phenoxy) is 1. The Morgan fingerprint density at radius 2 is 1.90 bits per heavy atom. The van der Waals surface area contributed by atoms with Gasteiger partial charge in [0, 0.05) is 18.9 Å². The lowest BCUT2D eigenvalue weighted by atomic mass is 10.2. The van der Waals surface area contributed by atoms with E-state index in [1.54, 1.807) is 36.3 Å². The van der Waals surface area contributed by atoms with E-state index in [1.807, 2.05) is 42.5 Å². The smallest absolute Gasteiger partial charge is 0.339 e. The first-order valence-electron chi connectivity index (χ1n) is 9.45. The van der Waals surface area contributed by atoms with Crippen LogP contribution in [0.4, 0.5) is 5.82 Å². The Hall–Kier alpha value is -3.74. The highest BCUT2D eigenvalue weighted by Gasteiger charge is 2.18. The molecule has 3 aromatic heterocycles. The summed E-state index contributed by atoms with van der Waals surface area (Å²) in [4.78, 5) is 21.3. The predicted octanol–water partition coefficient (Wildman–Crippen LogP) is 3.66. The van der Waals surface area contributed by atoms with Crippen molar-refractivity contribution < 1.29 is 9.53 Å². The molecule has 0 unspecified atom stereocenters. The van der Waals surface area contributed by atoms with E-state index in [1.165, 1.54) is 0 Å². The van der Waals surface area contributed by atoms with Crippen molar-refractivity contribution in [3.63, 3.8) is 0 Å². The number of carbonyl (C=O) groups excluding carboxylic acids is 1. The van der Waals surface area contributed by atoms with Crippen LogP contribution >= 0.6 is 0 Å². The van der Waals surface area contributed by atoms with Crippen LogP contribution in [0.15, 0.2) is 67.1 Å². The molecule has 0 saturated carbocycles. The van der Waals surface area contributed by atoms with Gasteiger partial charge < -0.3 is 10.1 Å². The molecule has 1 aromatic carbocycles. The number of hydrogen-bond donors (Lipinski definition) is 1. The van der Waals surface area contributed by atoms with E-state index in [2.05, 4.69) is 15.4 Å². The van der Waals surface area contributed by atoms with E-state index >= 15 is 0 Å². The third-order valence-corrected chi connectivity index (χ3v) is 4.50. The van der Waals surface area contributed by atoms with Gasteiger partial charge in [-0.25, -0.2) is 14.5 Å². The van der Waals surface area contributed by atoms with Gasteiger partial charge in [0.1, 0.15) is 5.82 Å². The number of esters is 1. The number of nitrogens with zero attached hydrogens (tertiary/aromatic N) is 4. The number of nitrogens with one attached hydrogen (secondary N) is 1. The molecule has 7 nitrogen and oxygen atoms in total. The molecule has 0 amide bonds. The summed E-state index contributed by atoms with van der Waals surface area (Å²) in [6, 6.07) is 15.6. The number of benzene rings is 1. The molecule has 4 rings (SSSR count). The lowest BCUT2D eigenvalue weighted by molar-refractivity contribution is 0.0528. The molecule has 0 aliphatic carbocycles. The van der Waals surface area contributed by atoms with Crippen molar-refractivity contribution in [2.75, 3.05) is 11.9 Å². The van der Waals surface area contributed by atoms with Crippen molar-refractivity contribution in [3.8, 4) is 0 Å². The number of rotatable bonds is 7. The molecule has 0 saturated heterocycles. The van der Waals surface area contributed by atoms with Crippen LogP contribution < -0.4 is 5.32 Å². The van der Waals surface area contributed by atoms with E-state index in [9.17, 15) is 4.79 Å². The van der Waals surface area contributed by atoms with Gasteiger partial charge in [0.05, 0.1) is 30.3 Å². The molecular weight excluding hydrogens is 366 g/mol. The summed E-state index contributed by atoms with van der Waals surface area (Å²) >= 11 is 0. The fourth-order valence-electron chi connectivity index (χ4n) is 3.08. The third-order valence-electron chi connectivity index (χ3n) is 4.50. The standard InChI is InChI=1S/C22H21N5O2/c1-2-29-22(28)18-12-20(24-13-16-6-4-3-5-7-16)26-21-19(18)14-25-27(21)15-17-8-10-23-11-9-17/h3-12,14H,2,13,15H2,1H3,(H,24,26). The average molecular weight is 387 g/mol. The third kappa shape index (κ3) is 4.24. The molecule has 1 N–H and O–H groups in total. The minimum Gasteiger partial charge on any atom is -0.462 e. The van der Waals surface area contributed by atoms with Gasteiger partial charge >= 0.3 is 5.97 Å². The minimum absolute atomic E-state index is 0.306. The number of carbonyl (C=O) groups is 1. The SMILES string of the molecule is CCOC(=O)c1cc(NCc2ccccc2)nc2c1cnn2Cc1ccncc1. The summed E-state index contributed by atoms with van der Waals surface area (Å²) in [7, 11) is 0. The number of pyridine rings is 2. The lowest BCUT2D eigenvalue weighted by Gasteiger charge is -2.10. The Bertz CT molecular complexity index is 1110. The van der Waals surface area contributed by atoms with Crippen LogP contribution in [0.1, 0.15) is 28.4 Å². The first kappa shape index (κ1) is 18.6. The van der Waals surface area contributed by atoms with Crippen LogP contribution in [0, 0.1) is 0 Å². The fourth-order valence-corrected chi connectivity index (χ4v) is 3.08. The van der Waals surface area contributed by atoms with Crippen LogP contribution in [-0.2, 0) is 17.8 Å². The second-order valence-electron chi connectivity index (χ2n) is 6.51. The summed E-state index contributed by atoms with van der Waals surface area (Å²) < 4.78 is 7.02. The van der Waals surface area contributed by atoms with Crippen molar-refractivity contribution in [2.24, 2.45) is 0 Å². The molecule has 146 valence electrons. The van der Waals surface area contributed by atoms with Crippen LogP contribution in [0.5, 0.6) is 0 Å². The van der Waals surface area contributed by atoms with Crippen molar-refractivity contribution in [1.82, 2.24) is 19.7 Å². The van der Waals surface area contributed by atoms with E-state index in [0.29, 0.717) is 42.1 Å². The number of aromatic nitrogens is 4. The second kappa shape index (κ2) is 8.52. The van der Waals surface area contributed by atoms with Gasteiger partial charge in [-0.2, -0.15) is 5.10 Å². The molecule has 0 fully saturated rings. The summed E-state index contributed by atoms with van der Waals surface area (Å²) in [6.45, 7) is 3.22. The van der Waals surface area contributed by atoms with Gasteiger partial charge in [-0.05, 0) is 36.2 Å². The van der Waals surface area contributed by atoms with Crippen molar-refractivity contribution in [3.05, 3.63) is 83.8 Å². The minimum atomic E-state index is -0.383. The Labute approximate surface area is 168 Å². The molecule has 4 aromatic rings. The lowest BCUT2D eigenvalue weighted by Crippen LogP contribution is -2.10. The average Bonchev–Trinajstić information content (AvgIpc) is 3.16. The van der Waals surface area contributed by atoms with Crippen molar-refractivity contribution in [1.29, 1.82) is 0 Å². The van der Waals surface area contributed by atoms with Gasteiger partial charge in [0.25, 0.3) is 0 Å². The molecule has 3 heterocycles. The zero-order valence-corrected chi connectivity index (χ0v) is 16.1. The van der Waals surface area contributed by atoms with Crippen LogP contribution in [0.25, 0.3) is 11.0 Å². The molecule has 0 aliphatic rings. The Morgan fingerprint density at radius 1 is 1.10 bits per heavy atom. The first-order valence-corrected chi connectivity index (χ1v) is 9.45. The molecule has 7 heteroatoms.